The summed E-state index contributed by atoms with van der Waals surface area (Å²) < 4.78 is 29.6. The van der Waals surface area contributed by atoms with Crippen LogP contribution in [0.3, 0.4) is 0 Å². The Hall–Kier alpha value is -2.18. The van der Waals surface area contributed by atoms with Gasteiger partial charge < -0.3 is 0 Å². The Morgan fingerprint density at radius 1 is 1.09 bits per heavy atom. The molecule has 23 heavy (non-hydrogen) atoms. The number of aryl methyl sites for hydroxylation is 2. The van der Waals surface area contributed by atoms with Crippen LogP contribution in [0.15, 0.2) is 54.7 Å². The average molecular weight is 330 g/mol. The zero-order valence-electron chi connectivity index (χ0n) is 12.8. The summed E-state index contributed by atoms with van der Waals surface area (Å²) in [6.07, 6.45) is 2.67. The maximum absolute atomic E-state index is 11.6. The lowest BCUT2D eigenvalue weighted by Gasteiger charge is -2.06. The SMILES string of the molecule is COS(=O)(=O)Cc1ccc2cnn(CCc3ccccc3)c2c1. The van der Waals surface area contributed by atoms with Crippen LogP contribution in [-0.2, 0) is 33.0 Å². The lowest BCUT2D eigenvalue weighted by molar-refractivity contribution is 0.397. The van der Waals surface area contributed by atoms with E-state index in [0.29, 0.717) is 5.56 Å². The average Bonchev–Trinajstić information content (AvgIpc) is 2.96. The smallest absolute Gasteiger partial charge is 0.271 e. The molecule has 120 valence electrons. The molecule has 0 radical (unpaired) electrons. The zero-order valence-corrected chi connectivity index (χ0v) is 13.7. The maximum Gasteiger partial charge on any atom is 0.271 e. The van der Waals surface area contributed by atoms with Crippen LogP contribution in [-0.4, -0.2) is 25.3 Å². The van der Waals surface area contributed by atoms with Crippen molar-refractivity contribution in [2.24, 2.45) is 0 Å². The molecule has 0 aliphatic heterocycles. The molecule has 0 fully saturated rings. The van der Waals surface area contributed by atoms with Crippen molar-refractivity contribution in [3.63, 3.8) is 0 Å². The highest BCUT2D eigenvalue weighted by molar-refractivity contribution is 7.85. The van der Waals surface area contributed by atoms with E-state index in [1.165, 1.54) is 12.7 Å². The maximum atomic E-state index is 11.6. The van der Waals surface area contributed by atoms with Crippen molar-refractivity contribution in [2.45, 2.75) is 18.7 Å². The minimum absolute atomic E-state index is 0.136. The molecule has 0 aliphatic rings. The number of benzene rings is 2. The Balaban J connectivity index is 1.84. The second-order valence-electron chi connectivity index (χ2n) is 5.37. The van der Waals surface area contributed by atoms with E-state index in [2.05, 4.69) is 21.4 Å². The summed E-state index contributed by atoms with van der Waals surface area (Å²) in [6.45, 7) is 0.744. The predicted octanol–water partition coefficient (Wildman–Crippen LogP) is 2.76. The van der Waals surface area contributed by atoms with Crippen molar-refractivity contribution in [2.75, 3.05) is 7.11 Å². The summed E-state index contributed by atoms with van der Waals surface area (Å²) in [7, 11) is -2.34. The topological polar surface area (TPSA) is 61.2 Å². The lowest BCUT2D eigenvalue weighted by Crippen LogP contribution is -2.06. The number of aromatic nitrogens is 2. The first-order valence-corrected chi connectivity index (χ1v) is 8.92. The minimum Gasteiger partial charge on any atom is -0.273 e. The third kappa shape index (κ3) is 3.78. The van der Waals surface area contributed by atoms with E-state index in [9.17, 15) is 8.42 Å². The number of hydrogen-bond donors (Lipinski definition) is 0. The normalized spacial score (nSPS) is 11.9. The van der Waals surface area contributed by atoms with Crippen molar-refractivity contribution < 1.29 is 12.6 Å². The van der Waals surface area contributed by atoms with E-state index in [1.54, 1.807) is 12.3 Å². The number of hydrogen-bond acceptors (Lipinski definition) is 4. The molecular formula is C17H18N2O3S. The van der Waals surface area contributed by atoms with Gasteiger partial charge in [0.2, 0.25) is 0 Å². The van der Waals surface area contributed by atoms with Gasteiger partial charge in [0.05, 0.1) is 18.8 Å². The fourth-order valence-corrected chi connectivity index (χ4v) is 3.23. The molecule has 3 aromatic rings. The van der Waals surface area contributed by atoms with Gasteiger partial charge in [-0.1, -0.05) is 42.5 Å². The Bertz CT molecular complexity index is 902. The first kappa shape index (κ1) is 15.7. The molecule has 0 saturated heterocycles. The van der Waals surface area contributed by atoms with Crippen LogP contribution in [0, 0.1) is 0 Å². The van der Waals surface area contributed by atoms with Crippen molar-refractivity contribution in [1.29, 1.82) is 0 Å². The van der Waals surface area contributed by atoms with Crippen LogP contribution in [0.5, 0.6) is 0 Å². The van der Waals surface area contributed by atoms with Gasteiger partial charge >= 0.3 is 0 Å². The third-order valence-corrected chi connectivity index (χ3v) is 4.96. The van der Waals surface area contributed by atoms with E-state index in [-0.39, 0.29) is 5.75 Å². The predicted molar refractivity (Wildman–Crippen MR) is 89.5 cm³/mol. The largest absolute Gasteiger partial charge is 0.273 e. The van der Waals surface area contributed by atoms with Crippen LogP contribution >= 0.6 is 0 Å². The zero-order chi connectivity index (χ0) is 16.3. The number of nitrogens with zero attached hydrogens (tertiary/aromatic N) is 2. The van der Waals surface area contributed by atoms with E-state index in [4.69, 9.17) is 0 Å². The van der Waals surface area contributed by atoms with Gasteiger partial charge in [0, 0.05) is 11.9 Å². The fourth-order valence-electron chi connectivity index (χ4n) is 2.53. The molecule has 2 aromatic carbocycles. The quantitative estimate of drug-likeness (QED) is 0.652. The van der Waals surface area contributed by atoms with Gasteiger partial charge in [0.1, 0.15) is 5.75 Å². The highest BCUT2D eigenvalue weighted by Crippen LogP contribution is 2.18. The van der Waals surface area contributed by atoms with Crippen molar-refractivity contribution in [3.05, 3.63) is 65.9 Å². The van der Waals surface area contributed by atoms with Gasteiger partial charge in [-0.25, -0.2) is 0 Å². The van der Waals surface area contributed by atoms with E-state index >= 15 is 0 Å². The Kier molecular flexibility index (Phi) is 4.45. The Morgan fingerprint density at radius 2 is 1.87 bits per heavy atom. The number of fused-ring (bicyclic) bond motifs is 1. The van der Waals surface area contributed by atoms with Gasteiger partial charge in [-0.15, -0.1) is 0 Å². The molecule has 0 spiro atoms. The molecule has 0 aliphatic carbocycles. The van der Waals surface area contributed by atoms with Crippen LogP contribution in [0.1, 0.15) is 11.1 Å². The van der Waals surface area contributed by atoms with Crippen LogP contribution < -0.4 is 0 Å². The molecular weight excluding hydrogens is 312 g/mol. The van der Waals surface area contributed by atoms with Crippen molar-refractivity contribution in [3.8, 4) is 0 Å². The summed E-state index contributed by atoms with van der Waals surface area (Å²) in [4.78, 5) is 0. The van der Waals surface area contributed by atoms with E-state index in [1.807, 2.05) is 35.0 Å². The molecule has 0 atom stereocenters. The standard InChI is InChI=1S/C17H18N2O3S/c1-22-23(20,21)13-15-7-8-16-12-18-19(17(16)11-15)10-9-14-5-3-2-4-6-14/h2-8,11-12H,9-10,13H2,1H3. The fraction of sp³-hybridized carbons (Fsp3) is 0.235. The Labute approximate surface area is 135 Å². The Morgan fingerprint density at radius 3 is 2.61 bits per heavy atom. The van der Waals surface area contributed by atoms with Crippen LogP contribution in [0.2, 0.25) is 0 Å². The summed E-state index contributed by atoms with van der Waals surface area (Å²) in [5.41, 5.74) is 2.87. The number of rotatable bonds is 6. The minimum atomic E-state index is -3.52. The van der Waals surface area contributed by atoms with Crippen LogP contribution in [0.25, 0.3) is 10.9 Å². The summed E-state index contributed by atoms with van der Waals surface area (Å²) >= 11 is 0. The van der Waals surface area contributed by atoms with Gasteiger partial charge in [-0.3, -0.25) is 8.86 Å². The van der Waals surface area contributed by atoms with Gasteiger partial charge in [0.15, 0.2) is 0 Å². The highest BCUT2D eigenvalue weighted by Gasteiger charge is 2.12. The first-order valence-electron chi connectivity index (χ1n) is 7.34. The molecule has 3 rings (SSSR count). The molecule has 0 saturated carbocycles. The molecule has 1 aromatic heterocycles. The lowest BCUT2D eigenvalue weighted by atomic mass is 10.1. The third-order valence-electron chi connectivity index (χ3n) is 3.76. The second kappa shape index (κ2) is 6.52. The second-order valence-corrected chi connectivity index (χ2v) is 7.10. The van der Waals surface area contributed by atoms with Gasteiger partial charge in [-0.2, -0.15) is 13.5 Å². The van der Waals surface area contributed by atoms with E-state index in [0.717, 1.165) is 23.9 Å². The summed E-state index contributed by atoms with van der Waals surface area (Å²) in [5, 5.41) is 5.40. The van der Waals surface area contributed by atoms with Gasteiger partial charge in [-0.05, 0) is 23.6 Å². The van der Waals surface area contributed by atoms with E-state index < -0.39 is 10.1 Å². The first-order chi connectivity index (χ1) is 11.1. The monoisotopic (exact) mass is 330 g/mol. The molecule has 6 heteroatoms. The molecule has 0 amide bonds. The summed E-state index contributed by atoms with van der Waals surface area (Å²) in [6, 6.07) is 15.8. The molecule has 0 bridgehead atoms. The molecule has 1 heterocycles. The van der Waals surface area contributed by atoms with Crippen LogP contribution in [0.4, 0.5) is 0 Å². The van der Waals surface area contributed by atoms with Crippen molar-refractivity contribution in [1.82, 2.24) is 9.78 Å². The molecule has 5 nitrogen and oxygen atoms in total. The van der Waals surface area contributed by atoms with Crippen molar-refractivity contribution >= 4 is 21.0 Å². The summed E-state index contributed by atoms with van der Waals surface area (Å²) in [5.74, 6) is -0.136. The molecule has 0 unspecified atom stereocenters. The highest BCUT2D eigenvalue weighted by atomic mass is 32.2. The molecule has 0 N–H and O–H groups in total. The van der Waals surface area contributed by atoms with Gasteiger partial charge in [0.25, 0.3) is 10.1 Å².